The molecule has 1 aromatic rings. The third-order valence-electron chi connectivity index (χ3n) is 2.89. The topological polar surface area (TPSA) is 72.4 Å². The summed E-state index contributed by atoms with van der Waals surface area (Å²) < 4.78 is 5.27. The van der Waals surface area contributed by atoms with E-state index in [1.54, 1.807) is 40.8 Å². The maximum Gasteiger partial charge on any atom is 0.411 e. The molecule has 0 aliphatic carbocycles. The van der Waals surface area contributed by atoms with Crippen LogP contribution in [-0.2, 0) is 15.1 Å². The van der Waals surface area contributed by atoms with Crippen LogP contribution in [0, 0.1) is 6.92 Å². The Hall–Kier alpha value is -1.98. The number of rotatable bonds is 3. The largest absolute Gasteiger partial charge is 0.444 e. The Morgan fingerprint density at radius 2 is 1.85 bits per heavy atom. The van der Waals surface area contributed by atoms with Gasteiger partial charge in [0.15, 0.2) is 6.29 Å². The zero-order chi connectivity index (χ0) is 15.6. The lowest BCUT2D eigenvalue weighted by atomic mass is 9.98. The first-order chi connectivity index (χ1) is 9.10. The van der Waals surface area contributed by atoms with Gasteiger partial charge in [-0.3, -0.25) is 14.9 Å². The van der Waals surface area contributed by atoms with Gasteiger partial charge in [-0.2, -0.15) is 0 Å². The highest BCUT2D eigenvalue weighted by atomic mass is 16.6. The van der Waals surface area contributed by atoms with Crippen LogP contribution in [-0.4, -0.2) is 39.9 Å². The molecule has 0 aliphatic rings. The van der Waals surface area contributed by atoms with Crippen LogP contribution in [0.15, 0.2) is 12.4 Å². The van der Waals surface area contributed by atoms with Crippen molar-refractivity contribution < 1.29 is 14.3 Å². The number of amides is 1. The minimum Gasteiger partial charge on any atom is -0.444 e. The molecule has 0 fully saturated rings. The highest BCUT2D eigenvalue weighted by Gasteiger charge is 2.38. The maximum atomic E-state index is 12.1. The van der Waals surface area contributed by atoms with Crippen molar-refractivity contribution in [3.05, 3.63) is 23.8 Å². The number of hydrogen-bond donors (Lipinski definition) is 0. The molecule has 1 atom stereocenters. The van der Waals surface area contributed by atoms with Crippen LogP contribution in [0.1, 0.15) is 39.1 Å². The molecule has 1 rings (SSSR count). The molecule has 0 radical (unpaired) electrons. The molecule has 1 amide bonds. The fourth-order valence-electron chi connectivity index (χ4n) is 1.49. The summed E-state index contributed by atoms with van der Waals surface area (Å²) in [6.07, 6.45) is 3.12. The second-order valence-corrected chi connectivity index (χ2v) is 5.85. The molecule has 1 unspecified atom stereocenters. The van der Waals surface area contributed by atoms with Crippen molar-refractivity contribution in [2.75, 3.05) is 7.05 Å². The first-order valence-electron chi connectivity index (χ1n) is 6.32. The van der Waals surface area contributed by atoms with Crippen LogP contribution in [0.5, 0.6) is 0 Å². The standard InChI is InChI=1S/C14H21N3O3/c1-10-7-16-11(8-15-10)14(5,9-18)17(6)12(19)20-13(2,3)4/h7-9H,1-6H3. The van der Waals surface area contributed by atoms with E-state index in [2.05, 4.69) is 9.97 Å². The van der Waals surface area contributed by atoms with E-state index in [1.807, 2.05) is 0 Å². The maximum absolute atomic E-state index is 12.1. The summed E-state index contributed by atoms with van der Waals surface area (Å²) in [7, 11) is 1.50. The van der Waals surface area contributed by atoms with Gasteiger partial charge in [-0.05, 0) is 34.6 Å². The average molecular weight is 279 g/mol. The molecule has 110 valence electrons. The van der Waals surface area contributed by atoms with Crippen LogP contribution in [0.25, 0.3) is 0 Å². The van der Waals surface area contributed by atoms with Crippen LogP contribution >= 0.6 is 0 Å². The highest BCUT2D eigenvalue weighted by Crippen LogP contribution is 2.24. The number of hydrogen-bond acceptors (Lipinski definition) is 5. The van der Waals surface area contributed by atoms with Gasteiger partial charge in [0.2, 0.25) is 0 Å². The number of aldehydes is 1. The van der Waals surface area contributed by atoms with Crippen molar-refractivity contribution in [3.8, 4) is 0 Å². The van der Waals surface area contributed by atoms with Crippen LogP contribution < -0.4 is 0 Å². The van der Waals surface area contributed by atoms with Gasteiger partial charge in [0.1, 0.15) is 11.1 Å². The zero-order valence-electron chi connectivity index (χ0n) is 12.8. The first-order valence-corrected chi connectivity index (χ1v) is 6.32. The predicted octanol–water partition coefficient (Wildman–Crippen LogP) is 2.07. The smallest absolute Gasteiger partial charge is 0.411 e. The van der Waals surface area contributed by atoms with Crippen LogP contribution in [0.2, 0.25) is 0 Å². The Kier molecular flexibility index (Phi) is 4.47. The van der Waals surface area contributed by atoms with Gasteiger partial charge in [0, 0.05) is 13.2 Å². The predicted molar refractivity (Wildman–Crippen MR) is 74.2 cm³/mol. The van der Waals surface area contributed by atoms with Crippen LogP contribution in [0.4, 0.5) is 4.79 Å². The summed E-state index contributed by atoms with van der Waals surface area (Å²) in [5, 5.41) is 0. The Balaban J connectivity index is 3.07. The van der Waals surface area contributed by atoms with E-state index in [1.165, 1.54) is 18.1 Å². The van der Waals surface area contributed by atoms with Crippen LogP contribution in [0.3, 0.4) is 0 Å². The van der Waals surface area contributed by atoms with Crippen molar-refractivity contribution in [2.24, 2.45) is 0 Å². The Morgan fingerprint density at radius 1 is 1.25 bits per heavy atom. The van der Waals surface area contributed by atoms with Crippen molar-refractivity contribution in [2.45, 2.75) is 45.8 Å². The Labute approximate surface area is 119 Å². The Bertz CT molecular complexity index is 493. The SMILES string of the molecule is Cc1cnc(C(C)(C=O)N(C)C(=O)OC(C)(C)C)cn1. The first kappa shape index (κ1) is 16.1. The normalized spacial score (nSPS) is 14.3. The number of carbonyl (C=O) groups is 2. The number of aryl methyl sites for hydroxylation is 1. The summed E-state index contributed by atoms with van der Waals surface area (Å²) in [5.41, 5.74) is -0.717. The van der Waals surface area contributed by atoms with Gasteiger partial charge in [-0.25, -0.2) is 4.79 Å². The molecule has 0 aromatic carbocycles. The lowest BCUT2D eigenvalue weighted by molar-refractivity contribution is -0.117. The fourth-order valence-corrected chi connectivity index (χ4v) is 1.49. The molecule has 20 heavy (non-hydrogen) atoms. The van der Waals surface area contributed by atoms with Crippen molar-refractivity contribution in [1.29, 1.82) is 0 Å². The number of nitrogens with zero attached hydrogens (tertiary/aromatic N) is 3. The van der Waals surface area contributed by atoms with Crippen molar-refractivity contribution in [3.63, 3.8) is 0 Å². The summed E-state index contributed by atoms with van der Waals surface area (Å²) in [6.45, 7) is 8.70. The van der Waals surface area contributed by atoms with E-state index in [0.29, 0.717) is 12.0 Å². The second-order valence-electron chi connectivity index (χ2n) is 5.85. The minimum atomic E-state index is -1.22. The monoisotopic (exact) mass is 279 g/mol. The number of aromatic nitrogens is 2. The molecule has 1 aromatic heterocycles. The quantitative estimate of drug-likeness (QED) is 0.792. The third kappa shape index (κ3) is 3.53. The molecule has 0 bridgehead atoms. The van der Waals surface area contributed by atoms with Gasteiger partial charge in [0.25, 0.3) is 0 Å². The lowest BCUT2D eigenvalue weighted by Gasteiger charge is -2.34. The molecule has 0 saturated heterocycles. The lowest BCUT2D eigenvalue weighted by Crippen LogP contribution is -2.48. The molecule has 6 nitrogen and oxygen atoms in total. The van der Waals surface area contributed by atoms with Gasteiger partial charge >= 0.3 is 6.09 Å². The van der Waals surface area contributed by atoms with Crippen molar-refractivity contribution >= 4 is 12.4 Å². The Morgan fingerprint density at radius 3 is 2.25 bits per heavy atom. The molecule has 0 saturated carbocycles. The average Bonchev–Trinajstić information content (AvgIpc) is 2.35. The van der Waals surface area contributed by atoms with Gasteiger partial charge < -0.3 is 9.53 Å². The summed E-state index contributed by atoms with van der Waals surface area (Å²) in [4.78, 5) is 33.1. The second kappa shape index (κ2) is 5.56. The third-order valence-corrected chi connectivity index (χ3v) is 2.89. The molecule has 0 aliphatic heterocycles. The van der Waals surface area contributed by atoms with E-state index >= 15 is 0 Å². The summed E-state index contributed by atoms with van der Waals surface area (Å²) >= 11 is 0. The minimum absolute atomic E-state index is 0.395. The highest BCUT2D eigenvalue weighted by molar-refractivity contribution is 5.77. The molecule has 0 N–H and O–H groups in total. The number of ether oxygens (including phenoxy) is 1. The molecule has 6 heteroatoms. The van der Waals surface area contributed by atoms with Gasteiger partial charge in [0.05, 0.1) is 17.6 Å². The number of likely N-dealkylation sites (N-methyl/N-ethyl adjacent to an activating group) is 1. The van der Waals surface area contributed by atoms with Crippen molar-refractivity contribution in [1.82, 2.24) is 14.9 Å². The van der Waals surface area contributed by atoms with Gasteiger partial charge in [-0.1, -0.05) is 0 Å². The molecule has 1 heterocycles. The summed E-state index contributed by atoms with van der Waals surface area (Å²) in [5.74, 6) is 0. The number of carbonyl (C=O) groups excluding carboxylic acids is 2. The molecular formula is C14H21N3O3. The van der Waals surface area contributed by atoms with E-state index < -0.39 is 17.2 Å². The van der Waals surface area contributed by atoms with E-state index in [4.69, 9.17) is 4.74 Å². The molecule has 0 spiro atoms. The van der Waals surface area contributed by atoms with E-state index in [9.17, 15) is 9.59 Å². The fraction of sp³-hybridized carbons (Fsp3) is 0.571. The molecular weight excluding hydrogens is 258 g/mol. The summed E-state index contributed by atoms with van der Waals surface area (Å²) in [6, 6.07) is 0. The van der Waals surface area contributed by atoms with E-state index in [0.717, 1.165) is 5.69 Å². The van der Waals surface area contributed by atoms with Gasteiger partial charge in [-0.15, -0.1) is 0 Å². The zero-order valence-corrected chi connectivity index (χ0v) is 12.8. The van der Waals surface area contributed by atoms with E-state index in [-0.39, 0.29) is 0 Å².